The van der Waals surface area contributed by atoms with Crippen molar-refractivity contribution in [3.63, 3.8) is 0 Å². The van der Waals surface area contributed by atoms with E-state index >= 15 is 0 Å². The molecule has 5 heterocycles. The third kappa shape index (κ3) is 5.82. The molecule has 0 aliphatic carbocycles. The number of benzene rings is 6. The van der Waals surface area contributed by atoms with Crippen LogP contribution in [0, 0.1) is 0 Å². The van der Waals surface area contributed by atoms with Crippen molar-refractivity contribution in [2.75, 3.05) is 0 Å². The number of fused-ring (bicyclic) bond motifs is 6. The maximum Gasteiger partial charge on any atom is 0.165 e. The average molecular weight is 752 g/mol. The van der Waals surface area contributed by atoms with Crippen molar-refractivity contribution in [2.24, 2.45) is 0 Å². The van der Waals surface area contributed by atoms with E-state index in [9.17, 15) is 0 Å². The summed E-state index contributed by atoms with van der Waals surface area (Å²) >= 11 is 3.67. The highest BCUT2D eigenvalue weighted by atomic mass is 32.1. The summed E-state index contributed by atoms with van der Waals surface area (Å²) in [5.74, 6) is 1.76. The van der Waals surface area contributed by atoms with E-state index in [1.54, 1.807) is 18.6 Å². The Kier molecular flexibility index (Phi) is 7.79. The van der Waals surface area contributed by atoms with E-state index < -0.39 is 0 Å². The van der Waals surface area contributed by atoms with Crippen molar-refractivity contribution >= 4 is 63.0 Å². The highest BCUT2D eigenvalue weighted by Crippen LogP contribution is 2.41. The zero-order valence-electron chi connectivity index (χ0n) is 29.8. The quantitative estimate of drug-likeness (QED) is 0.169. The highest BCUT2D eigenvalue weighted by molar-refractivity contribution is 7.26. The molecule has 0 atom stereocenters. The molecule has 56 heavy (non-hydrogen) atoms. The molecule has 0 amide bonds. The van der Waals surface area contributed by atoms with Gasteiger partial charge in [0, 0.05) is 81.8 Å². The number of nitrogens with zero attached hydrogens (tertiary/aromatic N) is 5. The minimum Gasteiger partial charge on any atom is -0.264 e. The van der Waals surface area contributed by atoms with Gasteiger partial charge in [-0.15, -0.1) is 22.7 Å². The highest BCUT2D eigenvalue weighted by Gasteiger charge is 2.17. The van der Waals surface area contributed by atoms with E-state index in [0.717, 1.165) is 50.1 Å². The Morgan fingerprint density at radius 1 is 0.286 bits per heavy atom. The third-order valence-electron chi connectivity index (χ3n) is 10.3. The zero-order chi connectivity index (χ0) is 37.0. The first-order chi connectivity index (χ1) is 27.7. The molecule has 0 aliphatic heterocycles. The summed E-state index contributed by atoms with van der Waals surface area (Å²) in [6, 6.07) is 53.9. The van der Waals surface area contributed by atoms with Gasteiger partial charge in [-0.25, -0.2) is 15.0 Å². The predicted octanol–water partition coefficient (Wildman–Crippen LogP) is 13.4. The fraction of sp³-hybridized carbons (Fsp3) is 0. The molecule has 0 saturated carbocycles. The van der Waals surface area contributed by atoms with Crippen LogP contribution >= 0.6 is 22.7 Å². The van der Waals surface area contributed by atoms with Crippen LogP contribution in [0.25, 0.3) is 108 Å². The average Bonchev–Trinajstić information content (AvgIpc) is 3.84. The first-order valence-corrected chi connectivity index (χ1v) is 20.0. The van der Waals surface area contributed by atoms with Gasteiger partial charge in [-0.05, 0) is 106 Å². The lowest BCUT2D eigenvalue weighted by atomic mass is 9.94. The number of thiophene rings is 2. The van der Waals surface area contributed by atoms with Gasteiger partial charge in [0.15, 0.2) is 17.5 Å². The second-order valence-electron chi connectivity index (χ2n) is 13.8. The molecule has 0 aliphatic rings. The van der Waals surface area contributed by atoms with Gasteiger partial charge in [-0.3, -0.25) is 9.97 Å². The first-order valence-electron chi connectivity index (χ1n) is 18.4. The SMILES string of the molecule is c1cncc(-c2ccc(-c3nc(-c4cccnc4)nc(-c4cc(-c5ccc6sc7ccccc7c6c5)cc(-c5ccc6sc7ccccc7c6c5)c4)n3)cc2)c1. The van der Waals surface area contributed by atoms with Crippen LogP contribution in [0.4, 0.5) is 0 Å². The third-order valence-corrected chi connectivity index (χ3v) is 12.6. The van der Waals surface area contributed by atoms with Crippen LogP contribution in [0.3, 0.4) is 0 Å². The molecule has 11 rings (SSSR count). The predicted molar refractivity (Wildman–Crippen MR) is 234 cm³/mol. The molecule has 7 heteroatoms. The number of hydrogen-bond acceptors (Lipinski definition) is 7. The molecule has 11 aromatic rings. The lowest BCUT2D eigenvalue weighted by Crippen LogP contribution is -2.01. The van der Waals surface area contributed by atoms with Crippen molar-refractivity contribution < 1.29 is 0 Å². The Balaban J connectivity index is 1.11. The Morgan fingerprint density at radius 2 is 0.732 bits per heavy atom. The van der Waals surface area contributed by atoms with Crippen LogP contribution in [0.1, 0.15) is 0 Å². The van der Waals surface area contributed by atoms with Crippen LogP contribution in [0.2, 0.25) is 0 Å². The topological polar surface area (TPSA) is 64.5 Å². The van der Waals surface area contributed by atoms with Gasteiger partial charge in [0.05, 0.1) is 0 Å². The van der Waals surface area contributed by atoms with Crippen molar-refractivity contribution in [3.8, 4) is 67.5 Å². The van der Waals surface area contributed by atoms with Crippen molar-refractivity contribution in [1.82, 2.24) is 24.9 Å². The van der Waals surface area contributed by atoms with E-state index in [0.29, 0.717) is 17.5 Å². The summed E-state index contributed by atoms with van der Waals surface area (Å²) < 4.78 is 5.14. The molecule has 262 valence electrons. The molecule has 5 aromatic heterocycles. The number of pyridine rings is 2. The minimum atomic E-state index is 0.568. The molecule has 0 radical (unpaired) electrons. The van der Waals surface area contributed by atoms with Crippen LogP contribution in [0.15, 0.2) is 176 Å². The summed E-state index contributed by atoms with van der Waals surface area (Å²) in [7, 11) is 0. The van der Waals surface area contributed by atoms with Gasteiger partial charge in [0.1, 0.15) is 0 Å². The monoisotopic (exact) mass is 751 g/mol. The van der Waals surface area contributed by atoms with Crippen molar-refractivity contribution in [1.29, 1.82) is 0 Å². The number of aromatic nitrogens is 5. The van der Waals surface area contributed by atoms with Gasteiger partial charge < -0.3 is 0 Å². The van der Waals surface area contributed by atoms with E-state index in [2.05, 4.69) is 143 Å². The summed E-state index contributed by atoms with van der Waals surface area (Å²) in [6.07, 6.45) is 7.23. The Labute approximate surface area is 330 Å². The van der Waals surface area contributed by atoms with Gasteiger partial charge in [0.2, 0.25) is 0 Å². The van der Waals surface area contributed by atoms with Gasteiger partial charge in [0.25, 0.3) is 0 Å². The second kappa shape index (κ2) is 13.4. The van der Waals surface area contributed by atoms with Crippen LogP contribution in [0.5, 0.6) is 0 Å². The lowest BCUT2D eigenvalue weighted by Gasteiger charge is -2.13. The summed E-state index contributed by atoms with van der Waals surface area (Å²) in [5, 5.41) is 5.08. The largest absolute Gasteiger partial charge is 0.264 e. The minimum absolute atomic E-state index is 0.568. The van der Waals surface area contributed by atoms with E-state index in [4.69, 9.17) is 15.0 Å². The van der Waals surface area contributed by atoms with Crippen LogP contribution in [-0.2, 0) is 0 Å². The van der Waals surface area contributed by atoms with Crippen LogP contribution < -0.4 is 0 Å². The fourth-order valence-electron chi connectivity index (χ4n) is 7.50. The standard InChI is InChI=1S/C49H29N5S2/c1-3-11-43-39(9-1)41-26-32(17-19-45(41)55-43)36-23-37(33-18-20-46-42(27-33)40-10-2-4-12-44(40)56-46)25-38(24-36)49-53-47(52-48(54-49)35-8-6-22-51-29-35)31-15-13-30(14-16-31)34-7-5-21-50-28-34/h1-29H. The smallest absolute Gasteiger partial charge is 0.165 e. The number of hydrogen-bond donors (Lipinski definition) is 0. The maximum atomic E-state index is 5.18. The molecular formula is C49H29N5S2. The molecule has 0 N–H and O–H groups in total. The normalized spacial score (nSPS) is 11.6. The van der Waals surface area contributed by atoms with Crippen LogP contribution in [-0.4, -0.2) is 24.9 Å². The molecule has 0 spiro atoms. The van der Waals surface area contributed by atoms with Gasteiger partial charge >= 0.3 is 0 Å². The Morgan fingerprint density at radius 3 is 1.29 bits per heavy atom. The van der Waals surface area contributed by atoms with Gasteiger partial charge in [-0.1, -0.05) is 78.9 Å². The lowest BCUT2D eigenvalue weighted by molar-refractivity contribution is 1.07. The summed E-state index contributed by atoms with van der Waals surface area (Å²) in [5.41, 5.74) is 9.22. The van der Waals surface area contributed by atoms with Crippen molar-refractivity contribution in [3.05, 3.63) is 176 Å². The van der Waals surface area contributed by atoms with Crippen molar-refractivity contribution in [2.45, 2.75) is 0 Å². The first kappa shape index (κ1) is 32.5. The molecule has 0 unspecified atom stereocenters. The Bertz CT molecular complexity index is 3110. The molecule has 5 nitrogen and oxygen atoms in total. The summed E-state index contributed by atoms with van der Waals surface area (Å²) in [6.45, 7) is 0. The van der Waals surface area contributed by atoms with E-state index in [1.165, 1.54) is 40.3 Å². The fourth-order valence-corrected chi connectivity index (χ4v) is 9.68. The molecular weight excluding hydrogens is 723 g/mol. The zero-order valence-corrected chi connectivity index (χ0v) is 31.4. The van der Waals surface area contributed by atoms with E-state index in [1.807, 2.05) is 47.1 Å². The molecule has 0 saturated heterocycles. The second-order valence-corrected chi connectivity index (χ2v) is 16.0. The molecule has 6 aromatic carbocycles. The molecule has 0 fully saturated rings. The summed E-state index contributed by atoms with van der Waals surface area (Å²) in [4.78, 5) is 24.0. The number of rotatable bonds is 6. The molecule has 0 bridgehead atoms. The maximum absolute atomic E-state index is 5.18. The Hall–Kier alpha value is -6.93. The van der Waals surface area contributed by atoms with Gasteiger partial charge in [-0.2, -0.15) is 0 Å². The van der Waals surface area contributed by atoms with E-state index in [-0.39, 0.29) is 0 Å².